The standard InChI is InChI=1S/C19H18ClN3O2S/c1-12-5-8-15(9-6-12)17-18(20)21-11-22-19(17)23-26(24,25)16-10-13(2)4-7-14(16)3/h4-11H,1-3H3,(H,21,22,23). The highest BCUT2D eigenvalue weighted by Crippen LogP contribution is 2.33. The summed E-state index contributed by atoms with van der Waals surface area (Å²) in [6, 6.07) is 12.8. The van der Waals surface area contributed by atoms with Crippen LogP contribution in [0.3, 0.4) is 0 Å². The molecule has 1 heterocycles. The molecule has 0 bridgehead atoms. The monoisotopic (exact) mass is 387 g/mol. The van der Waals surface area contributed by atoms with Crippen molar-refractivity contribution in [3.8, 4) is 11.1 Å². The van der Waals surface area contributed by atoms with Crippen LogP contribution in [0.5, 0.6) is 0 Å². The number of sulfonamides is 1. The van der Waals surface area contributed by atoms with Gasteiger partial charge in [0.15, 0.2) is 5.82 Å². The van der Waals surface area contributed by atoms with E-state index in [-0.39, 0.29) is 15.9 Å². The topological polar surface area (TPSA) is 72.0 Å². The molecule has 2 aromatic carbocycles. The molecular weight excluding hydrogens is 370 g/mol. The van der Waals surface area contributed by atoms with E-state index < -0.39 is 10.0 Å². The van der Waals surface area contributed by atoms with E-state index in [0.717, 1.165) is 16.7 Å². The predicted molar refractivity (Wildman–Crippen MR) is 104 cm³/mol. The van der Waals surface area contributed by atoms with Crippen LogP contribution in [0.4, 0.5) is 5.82 Å². The third kappa shape index (κ3) is 3.71. The molecule has 0 spiro atoms. The van der Waals surface area contributed by atoms with E-state index >= 15 is 0 Å². The summed E-state index contributed by atoms with van der Waals surface area (Å²) in [5.41, 5.74) is 3.78. The van der Waals surface area contributed by atoms with Crippen LogP contribution in [0.25, 0.3) is 11.1 Å². The second-order valence-corrected chi connectivity index (χ2v) is 8.14. The maximum Gasteiger partial charge on any atom is 0.263 e. The number of hydrogen-bond donors (Lipinski definition) is 1. The largest absolute Gasteiger partial charge is 0.263 e. The zero-order valence-corrected chi connectivity index (χ0v) is 16.2. The first kappa shape index (κ1) is 18.4. The molecule has 3 aromatic rings. The Bertz CT molecular complexity index is 1060. The van der Waals surface area contributed by atoms with Crippen molar-refractivity contribution < 1.29 is 8.42 Å². The number of anilines is 1. The normalized spacial score (nSPS) is 11.4. The number of rotatable bonds is 4. The minimum absolute atomic E-state index is 0.148. The average Bonchev–Trinajstić information content (AvgIpc) is 2.58. The Kier molecular flexibility index (Phi) is 4.98. The summed E-state index contributed by atoms with van der Waals surface area (Å²) in [4.78, 5) is 8.32. The van der Waals surface area contributed by atoms with Gasteiger partial charge in [-0.1, -0.05) is 53.6 Å². The lowest BCUT2D eigenvalue weighted by molar-refractivity contribution is 0.600. The Morgan fingerprint density at radius 3 is 2.27 bits per heavy atom. The summed E-state index contributed by atoms with van der Waals surface area (Å²) in [6.45, 7) is 5.57. The SMILES string of the molecule is Cc1ccc(-c2c(Cl)ncnc2NS(=O)(=O)c2cc(C)ccc2C)cc1. The van der Waals surface area contributed by atoms with Crippen LogP contribution in [-0.2, 0) is 10.0 Å². The highest BCUT2D eigenvalue weighted by atomic mass is 35.5. The molecule has 134 valence electrons. The fraction of sp³-hybridized carbons (Fsp3) is 0.158. The van der Waals surface area contributed by atoms with Crippen molar-refractivity contribution in [3.05, 3.63) is 70.6 Å². The van der Waals surface area contributed by atoms with Gasteiger partial charge in [-0.2, -0.15) is 0 Å². The second-order valence-electron chi connectivity index (χ2n) is 6.13. The molecule has 0 amide bonds. The number of hydrogen-bond acceptors (Lipinski definition) is 4. The summed E-state index contributed by atoms with van der Waals surface area (Å²) >= 11 is 6.25. The summed E-state index contributed by atoms with van der Waals surface area (Å²) in [6.07, 6.45) is 1.24. The summed E-state index contributed by atoms with van der Waals surface area (Å²) in [5.74, 6) is 0.148. The van der Waals surface area contributed by atoms with Crippen LogP contribution in [0.2, 0.25) is 5.15 Å². The zero-order valence-electron chi connectivity index (χ0n) is 14.6. The molecule has 0 aliphatic heterocycles. The van der Waals surface area contributed by atoms with Crippen molar-refractivity contribution in [1.29, 1.82) is 0 Å². The zero-order chi connectivity index (χ0) is 18.9. The molecule has 3 rings (SSSR count). The summed E-state index contributed by atoms with van der Waals surface area (Å²) in [5, 5.41) is 0.183. The van der Waals surface area contributed by atoms with Gasteiger partial charge in [-0.3, -0.25) is 4.72 Å². The van der Waals surface area contributed by atoms with Crippen molar-refractivity contribution in [2.24, 2.45) is 0 Å². The van der Waals surface area contributed by atoms with E-state index in [0.29, 0.717) is 11.1 Å². The Morgan fingerprint density at radius 2 is 1.58 bits per heavy atom. The van der Waals surface area contributed by atoms with E-state index in [2.05, 4.69) is 14.7 Å². The molecule has 5 nitrogen and oxygen atoms in total. The second kappa shape index (κ2) is 7.05. The summed E-state index contributed by atoms with van der Waals surface area (Å²) in [7, 11) is -3.82. The molecule has 0 saturated carbocycles. The fourth-order valence-corrected chi connectivity index (χ4v) is 4.19. The molecule has 1 N–H and O–H groups in total. The van der Waals surface area contributed by atoms with E-state index in [1.165, 1.54) is 6.33 Å². The van der Waals surface area contributed by atoms with Crippen LogP contribution < -0.4 is 4.72 Å². The molecule has 7 heteroatoms. The predicted octanol–water partition coefficient (Wildman–Crippen LogP) is 4.52. The minimum atomic E-state index is -3.82. The van der Waals surface area contributed by atoms with Gasteiger partial charge in [0.05, 0.1) is 10.5 Å². The van der Waals surface area contributed by atoms with Gasteiger partial charge >= 0.3 is 0 Å². The molecular formula is C19H18ClN3O2S. The third-order valence-electron chi connectivity index (χ3n) is 4.01. The third-order valence-corrected chi connectivity index (χ3v) is 5.77. The molecule has 0 unspecified atom stereocenters. The molecule has 0 aliphatic rings. The number of aromatic nitrogens is 2. The van der Waals surface area contributed by atoms with Gasteiger partial charge in [0.1, 0.15) is 11.5 Å². The highest BCUT2D eigenvalue weighted by Gasteiger charge is 2.21. The van der Waals surface area contributed by atoms with E-state index in [1.54, 1.807) is 19.1 Å². The Morgan fingerprint density at radius 1 is 0.923 bits per heavy atom. The first-order valence-electron chi connectivity index (χ1n) is 7.95. The smallest absolute Gasteiger partial charge is 0.263 e. The van der Waals surface area contributed by atoms with E-state index in [9.17, 15) is 8.42 Å². The van der Waals surface area contributed by atoms with Gasteiger partial charge in [-0.05, 0) is 43.5 Å². The maximum atomic E-state index is 12.9. The van der Waals surface area contributed by atoms with Crippen LogP contribution in [0.15, 0.2) is 53.7 Å². The van der Waals surface area contributed by atoms with Crippen LogP contribution in [0, 0.1) is 20.8 Å². The Labute approximate surface area is 158 Å². The minimum Gasteiger partial charge on any atom is -0.263 e. The molecule has 26 heavy (non-hydrogen) atoms. The molecule has 0 aliphatic carbocycles. The van der Waals surface area contributed by atoms with Crippen molar-refractivity contribution in [2.45, 2.75) is 25.7 Å². The number of aryl methyl sites for hydroxylation is 3. The molecule has 1 aromatic heterocycles. The number of nitrogens with one attached hydrogen (secondary N) is 1. The molecule has 0 saturated heterocycles. The van der Waals surface area contributed by atoms with Gasteiger partial charge in [0.2, 0.25) is 0 Å². The summed E-state index contributed by atoms with van der Waals surface area (Å²) < 4.78 is 28.4. The lowest BCUT2D eigenvalue weighted by Gasteiger charge is -2.14. The van der Waals surface area contributed by atoms with Gasteiger partial charge < -0.3 is 0 Å². The Balaban J connectivity index is 2.09. The van der Waals surface area contributed by atoms with Gasteiger partial charge in [0.25, 0.3) is 10.0 Å². The van der Waals surface area contributed by atoms with Crippen molar-refractivity contribution >= 4 is 27.4 Å². The van der Waals surface area contributed by atoms with E-state index in [1.807, 2.05) is 44.2 Å². The first-order chi connectivity index (χ1) is 12.3. The van der Waals surface area contributed by atoms with Gasteiger partial charge in [-0.15, -0.1) is 0 Å². The Hall–Kier alpha value is -2.44. The van der Waals surface area contributed by atoms with Gasteiger partial charge in [0, 0.05) is 0 Å². The van der Waals surface area contributed by atoms with Crippen molar-refractivity contribution in [1.82, 2.24) is 9.97 Å². The van der Waals surface area contributed by atoms with Crippen LogP contribution >= 0.6 is 11.6 Å². The lowest BCUT2D eigenvalue weighted by Crippen LogP contribution is -2.16. The quantitative estimate of drug-likeness (QED) is 0.668. The first-order valence-corrected chi connectivity index (χ1v) is 9.81. The maximum absolute atomic E-state index is 12.9. The lowest BCUT2D eigenvalue weighted by atomic mass is 10.1. The number of halogens is 1. The highest BCUT2D eigenvalue weighted by molar-refractivity contribution is 7.92. The van der Waals surface area contributed by atoms with Gasteiger partial charge in [-0.25, -0.2) is 18.4 Å². The van der Waals surface area contributed by atoms with Crippen LogP contribution in [-0.4, -0.2) is 18.4 Å². The fourth-order valence-electron chi connectivity index (χ4n) is 2.60. The van der Waals surface area contributed by atoms with E-state index in [4.69, 9.17) is 11.6 Å². The molecule has 0 atom stereocenters. The number of benzene rings is 2. The molecule has 0 radical (unpaired) electrons. The van der Waals surface area contributed by atoms with Crippen molar-refractivity contribution in [3.63, 3.8) is 0 Å². The molecule has 0 fully saturated rings. The average molecular weight is 388 g/mol. The van der Waals surface area contributed by atoms with Crippen molar-refractivity contribution in [2.75, 3.05) is 4.72 Å². The number of nitrogens with zero attached hydrogens (tertiary/aromatic N) is 2. The van der Waals surface area contributed by atoms with Crippen LogP contribution in [0.1, 0.15) is 16.7 Å².